The van der Waals surface area contributed by atoms with Crippen LogP contribution >= 0.6 is 0 Å². The Morgan fingerprint density at radius 1 is 1.09 bits per heavy atom. The number of hydrogen-bond acceptors (Lipinski definition) is 4. The van der Waals surface area contributed by atoms with Crippen molar-refractivity contribution in [1.29, 1.82) is 0 Å². The van der Waals surface area contributed by atoms with Gasteiger partial charge < -0.3 is 9.80 Å². The van der Waals surface area contributed by atoms with Gasteiger partial charge in [-0.3, -0.25) is 4.79 Å². The van der Waals surface area contributed by atoms with Gasteiger partial charge in [0.1, 0.15) is 11.6 Å². The normalized spacial score (nSPS) is 16.7. The lowest BCUT2D eigenvalue weighted by Gasteiger charge is -2.37. The topological polar surface area (TPSA) is 49.3 Å². The molecule has 172 valence electrons. The van der Waals surface area contributed by atoms with Gasteiger partial charge in [-0.05, 0) is 50.2 Å². The lowest BCUT2D eigenvalue weighted by Crippen LogP contribution is -2.49. The molecule has 1 saturated carbocycles. The number of piperazine rings is 1. The summed E-state index contributed by atoms with van der Waals surface area (Å²) in [5.74, 6) is 3.35. The third-order valence-electron chi connectivity index (χ3n) is 6.75. The highest BCUT2D eigenvalue weighted by atomic mass is 16.2. The quantitative estimate of drug-likeness (QED) is 0.627. The summed E-state index contributed by atoms with van der Waals surface area (Å²) in [6.07, 6.45) is 4.83. The van der Waals surface area contributed by atoms with Crippen LogP contribution in [0.2, 0.25) is 0 Å². The van der Waals surface area contributed by atoms with Gasteiger partial charge in [0.15, 0.2) is 0 Å². The molecule has 2 aliphatic rings. The van der Waals surface area contributed by atoms with Crippen LogP contribution in [0.15, 0.2) is 18.2 Å². The Bertz CT molecular complexity index is 972. The van der Waals surface area contributed by atoms with Crippen molar-refractivity contribution in [2.75, 3.05) is 31.1 Å². The van der Waals surface area contributed by atoms with Gasteiger partial charge in [-0.15, -0.1) is 0 Å². The molecule has 1 aromatic heterocycles. The highest BCUT2D eigenvalue weighted by Crippen LogP contribution is 2.40. The van der Waals surface area contributed by atoms with Gasteiger partial charge in [-0.25, -0.2) is 9.97 Å². The van der Waals surface area contributed by atoms with E-state index in [1.807, 2.05) is 4.90 Å². The fourth-order valence-electron chi connectivity index (χ4n) is 4.62. The first-order valence-corrected chi connectivity index (χ1v) is 12.3. The first-order chi connectivity index (χ1) is 15.4. The van der Waals surface area contributed by atoms with Crippen LogP contribution in [0.25, 0.3) is 0 Å². The number of nitrogens with zero attached hydrogens (tertiary/aromatic N) is 4. The summed E-state index contributed by atoms with van der Waals surface area (Å²) in [4.78, 5) is 27.2. The lowest BCUT2D eigenvalue weighted by molar-refractivity contribution is -0.132. The molecule has 1 aliphatic heterocycles. The molecule has 1 aromatic carbocycles. The molecule has 5 heteroatoms. The zero-order valence-electron chi connectivity index (χ0n) is 20.4. The van der Waals surface area contributed by atoms with Crippen LogP contribution in [-0.2, 0) is 17.6 Å². The van der Waals surface area contributed by atoms with Gasteiger partial charge >= 0.3 is 0 Å². The molecule has 2 aromatic rings. The fourth-order valence-corrected chi connectivity index (χ4v) is 4.62. The van der Waals surface area contributed by atoms with Crippen LogP contribution < -0.4 is 4.90 Å². The largest absolute Gasteiger partial charge is 0.353 e. The Morgan fingerprint density at radius 2 is 1.81 bits per heavy atom. The number of rotatable bonds is 7. The molecule has 4 rings (SSSR count). The average molecular weight is 435 g/mol. The summed E-state index contributed by atoms with van der Waals surface area (Å²) < 4.78 is 0. The molecular weight excluding hydrogens is 396 g/mol. The third kappa shape index (κ3) is 5.13. The molecule has 2 heterocycles. The summed E-state index contributed by atoms with van der Waals surface area (Å²) >= 11 is 0. The standard InChI is InChI=1S/C27H38N4O/c1-6-24-23(17-22-16-19(4)7-8-20(22)5)27(29-26(28-24)21-9-10-21)31-13-11-30(12-14-31)25(32)15-18(2)3/h7-8,16,18,21H,6,9-15,17H2,1-5H3. The second-order valence-corrected chi connectivity index (χ2v) is 10.0. The van der Waals surface area contributed by atoms with Crippen molar-refractivity contribution in [2.24, 2.45) is 5.92 Å². The Kier molecular flexibility index (Phi) is 6.82. The second kappa shape index (κ2) is 9.60. The van der Waals surface area contributed by atoms with Crippen LogP contribution in [0.3, 0.4) is 0 Å². The molecule has 0 N–H and O–H groups in total. The van der Waals surface area contributed by atoms with E-state index in [1.165, 1.54) is 40.8 Å². The summed E-state index contributed by atoms with van der Waals surface area (Å²) in [7, 11) is 0. The molecule has 0 bridgehead atoms. The van der Waals surface area contributed by atoms with E-state index < -0.39 is 0 Å². The SMILES string of the molecule is CCc1nc(C2CC2)nc(N2CCN(C(=O)CC(C)C)CC2)c1Cc1cc(C)ccc1C. The Balaban J connectivity index is 1.63. The second-order valence-electron chi connectivity index (χ2n) is 10.0. The third-order valence-corrected chi connectivity index (χ3v) is 6.75. The molecule has 1 aliphatic carbocycles. The monoisotopic (exact) mass is 434 g/mol. The number of hydrogen-bond donors (Lipinski definition) is 0. The molecule has 1 saturated heterocycles. The van der Waals surface area contributed by atoms with Gasteiger partial charge in [-0.1, -0.05) is 44.5 Å². The summed E-state index contributed by atoms with van der Waals surface area (Å²) in [6, 6.07) is 6.70. The van der Waals surface area contributed by atoms with Crippen LogP contribution in [0.1, 0.15) is 79.7 Å². The summed E-state index contributed by atoms with van der Waals surface area (Å²) in [5, 5.41) is 0. The highest BCUT2D eigenvalue weighted by molar-refractivity contribution is 5.76. The Labute approximate surface area is 193 Å². The van der Waals surface area contributed by atoms with E-state index in [0.717, 1.165) is 50.7 Å². The minimum atomic E-state index is 0.283. The van der Waals surface area contributed by atoms with Crippen molar-refractivity contribution < 1.29 is 4.79 Å². The average Bonchev–Trinajstić information content (AvgIpc) is 3.61. The van der Waals surface area contributed by atoms with Crippen LogP contribution in [-0.4, -0.2) is 47.0 Å². The zero-order chi connectivity index (χ0) is 22.8. The van der Waals surface area contributed by atoms with E-state index >= 15 is 0 Å². The minimum absolute atomic E-state index is 0.283. The summed E-state index contributed by atoms with van der Waals surface area (Å²) in [5.41, 5.74) is 6.43. The van der Waals surface area contributed by atoms with Gasteiger partial charge in [0, 0.05) is 56.2 Å². The van der Waals surface area contributed by atoms with Crippen molar-refractivity contribution in [3.8, 4) is 0 Å². The molecular formula is C27H38N4O. The molecule has 0 unspecified atom stereocenters. The predicted molar refractivity (Wildman–Crippen MR) is 130 cm³/mol. The van der Waals surface area contributed by atoms with Gasteiger partial charge in [-0.2, -0.15) is 0 Å². The maximum Gasteiger partial charge on any atom is 0.222 e. The lowest BCUT2D eigenvalue weighted by atomic mass is 9.96. The van der Waals surface area contributed by atoms with E-state index in [2.05, 4.69) is 57.7 Å². The smallest absolute Gasteiger partial charge is 0.222 e. The van der Waals surface area contributed by atoms with E-state index in [-0.39, 0.29) is 5.91 Å². The number of amides is 1. The van der Waals surface area contributed by atoms with E-state index in [1.54, 1.807) is 0 Å². The maximum atomic E-state index is 12.6. The van der Waals surface area contributed by atoms with Crippen molar-refractivity contribution in [3.63, 3.8) is 0 Å². The van der Waals surface area contributed by atoms with E-state index in [9.17, 15) is 4.79 Å². The number of aromatic nitrogens is 2. The van der Waals surface area contributed by atoms with Crippen LogP contribution in [0.5, 0.6) is 0 Å². The minimum Gasteiger partial charge on any atom is -0.353 e. The number of anilines is 1. The number of benzene rings is 1. The molecule has 5 nitrogen and oxygen atoms in total. The number of carbonyl (C=O) groups is 1. The number of carbonyl (C=O) groups excluding carboxylic acids is 1. The highest BCUT2D eigenvalue weighted by Gasteiger charge is 2.31. The van der Waals surface area contributed by atoms with Gasteiger partial charge in [0.25, 0.3) is 0 Å². The molecule has 32 heavy (non-hydrogen) atoms. The first kappa shape index (κ1) is 22.8. The molecule has 0 atom stereocenters. The van der Waals surface area contributed by atoms with Crippen molar-refractivity contribution in [1.82, 2.24) is 14.9 Å². The maximum absolute atomic E-state index is 12.6. The summed E-state index contributed by atoms with van der Waals surface area (Å²) in [6.45, 7) is 14.0. The molecule has 0 radical (unpaired) electrons. The van der Waals surface area contributed by atoms with Crippen molar-refractivity contribution >= 4 is 11.7 Å². The van der Waals surface area contributed by atoms with Gasteiger partial charge in [0.2, 0.25) is 5.91 Å². The zero-order valence-corrected chi connectivity index (χ0v) is 20.4. The molecule has 1 amide bonds. The Hall–Kier alpha value is -2.43. The van der Waals surface area contributed by atoms with Crippen LogP contribution in [0.4, 0.5) is 5.82 Å². The van der Waals surface area contributed by atoms with E-state index in [4.69, 9.17) is 9.97 Å². The number of aryl methyl sites for hydroxylation is 3. The van der Waals surface area contributed by atoms with Crippen molar-refractivity contribution in [3.05, 3.63) is 52.0 Å². The van der Waals surface area contributed by atoms with E-state index in [0.29, 0.717) is 18.3 Å². The fraction of sp³-hybridized carbons (Fsp3) is 0.593. The van der Waals surface area contributed by atoms with Gasteiger partial charge in [0.05, 0.1) is 0 Å². The van der Waals surface area contributed by atoms with Crippen LogP contribution in [0, 0.1) is 19.8 Å². The Morgan fingerprint density at radius 3 is 2.44 bits per heavy atom. The molecule has 2 fully saturated rings. The van der Waals surface area contributed by atoms with Crippen molar-refractivity contribution in [2.45, 2.75) is 72.6 Å². The predicted octanol–water partition coefficient (Wildman–Crippen LogP) is 4.82. The molecule has 0 spiro atoms. The first-order valence-electron chi connectivity index (χ1n) is 12.3.